The highest BCUT2D eigenvalue weighted by Crippen LogP contribution is 2.48. The van der Waals surface area contributed by atoms with Gasteiger partial charge in [0.05, 0.1) is 17.1 Å². The molecular formula is C14H17BrN2O3S. The first-order valence-electron chi connectivity index (χ1n) is 6.73. The smallest absolute Gasteiger partial charge is 0.184 e. The van der Waals surface area contributed by atoms with Crippen LogP contribution < -0.4 is 10.1 Å². The summed E-state index contributed by atoms with van der Waals surface area (Å²) < 4.78 is 12.1. The number of ether oxygens (including phenoxy) is 2. The number of hydrogen-bond acceptors (Lipinski definition) is 4. The van der Waals surface area contributed by atoms with E-state index in [1.54, 1.807) is 19.2 Å². The van der Waals surface area contributed by atoms with E-state index in [1.165, 1.54) is 0 Å². The van der Waals surface area contributed by atoms with Gasteiger partial charge in [-0.2, -0.15) is 0 Å². The van der Waals surface area contributed by atoms with Gasteiger partial charge in [-0.05, 0) is 47.2 Å². The lowest BCUT2D eigenvalue weighted by atomic mass is 9.90. The van der Waals surface area contributed by atoms with Gasteiger partial charge in [0.15, 0.2) is 10.8 Å². The lowest BCUT2D eigenvalue weighted by Crippen LogP contribution is -2.65. The third kappa shape index (κ3) is 2.47. The molecule has 0 aromatic heterocycles. The molecule has 2 bridgehead atoms. The van der Waals surface area contributed by atoms with Crippen molar-refractivity contribution >= 4 is 33.3 Å². The zero-order chi connectivity index (χ0) is 15.2. The van der Waals surface area contributed by atoms with Gasteiger partial charge in [-0.25, -0.2) is 0 Å². The van der Waals surface area contributed by atoms with Crippen molar-refractivity contribution in [2.24, 2.45) is 0 Å². The van der Waals surface area contributed by atoms with Gasteiger partial charge < -0.3 is 24.8 Å². The van der Waals surface area contributed by atoms with Gasteiger partial charge >= 0.3 is 0 Å². The molecule has 1 saturated heterocycles. The van der Waals surface area contributed by atoms with E-state index in [-0.39, 0.29) is 11.8 Å². The highest BCUT2D eigenvalue weighted by Gasteiger charge is 2.48. The Morgan fingerprint density at radius 1 is 1.62 bits per heavy atom. The molecule has 1 aromatic rings. The molecule has 2 N–H and O–H groups in total. The number of phenols is 1. The first-order valence-corrected chi connectivity index (χ1v) is 7.93. The standard InChI is InChI=1S/C14H17BrN2O3S/c1-14-7-11(16-13(21)17(14)3-4-19-2)9-5-8(18)6-10(15)12(9)20-14/h5-6,11,18H,3-4,7H2,1-2H3,(H,16,21). The quantitative estimate of drug-likeness (QED) is 0.795. The van der Waals surface area contributed by atoms with Crippen LogP contribution in [-0.2, 0) is 4.74 Å². The molecule has 3 rings (SSSR count). The topological polar surface area (TPSA) is 54.0 Å². The minimum atomic E-state index is -0.516. The zero-order valence-corrected chi connectivity index (χ0v) is 14.3. The molecule has 2 aliphatic heterocycles. The number of halogens is 1. The van der Waals surface area contributed by atoms with Gasteiger partial charge in [0, 0.05) is 25.6 Å². The average molecular weight is 373 g/mol. The van der Waals surface area contributed by atoms with E-state index in [4.69, 9.17) is 21.7 Å². The largest absolute Gasteiger partial charge is 0.508 e. The Morgan fingerprint density at radius 2 is 2.38 bits per heavy atom. The highest BCUT2D eigenvalue weighted by atomic mass is 79.9. The summed E-state index contributed by atoms with van der Waals surface area (Å²) in [6, 6.07) is 3.40. The first-order chi connectivity index (χ1) is 9.94. The molecule has 2 heterocycles. The second-order valence-corrected chi connectivity index (χ2v) is 6.71. The lowest BCUT2D eigenvalue weighted by molar-refractivity contribution is -0.0746. The van der Waals surface area contributed by atoms with Crippen molar-refractivity contribution in [3.8, 4) is 11.5 Å². The summed E-state index contributed by atoms with van der Waals surface area (Å²) in [6.07, 6.45) is 0.750. The van der Waals surface area contributed by atoms with Crippen molar-refractivity contribution in [3.05, 3.63) is 22.2 Å². The minimum Gasteiger partial charge on any atom is -0.508 e. The molecular weight excluding hydrogens is 356 g/mol. The Labute approximate surface area is 137 Å². The van der Waals surface area contributed by atoms with E-state index in [9.17, 15) is 5.11 Å². The van der Waals surface area contributed by atoms with Crippen molar-refractivity contribution in [2.75, 3.05) is 20.3 Å². The number of rotatable bonds is 3. The fraction of sp³-hybridized carbons (Fsp3) is 0.500. The molecule has 1 aromatic carbocycles. The number of thiocarbonyl (C=S) groups is 1. The van der Waals surface area contributed by atoms with Crippen LogP contribution in [0.25, 0.3) is 0 Å². The van der Waals surface area contributed by atoms with Gasteiger partial charge in [0.1, 0.15) is 11.5 Å². The van der Waals surface area contributed by atoms with Crippen LogP contribution in [0.3, 0.4) is 0 Å². The van der Waals surface area contributed by atoms with Crippen LogP contribution >= 0.6 is 28.1 Å². The molecule has 0 saturated carbocycles. The maximum Gasteiger partial charge on any atom is 0.184 e. The molecule has 0 spiro atoms. The van der Waals surface area contributed by atoms with Crippen molar-refractivity contribution in [2.45, 2.75) is 25.1 Å². The number of fused-ring (bicyclic) bond motifs is 4. The van der Waals surface area contributed by atoms with Crippen LogP contribution in [0.5, 0.6) is 11.5 Å². The van der Waals surface area contributed by atoms with Crippen molar-refractivity contribution in [1.29, 1.82) is 0 Å². The summed E-state index contributed by atoms with van der Waals surface area (Å²) >= 11 is 8.93. The van der Waals surface area contributed by atoms with Crippen molar-refractivity contribution in [3.63, 3.8) is 0 Å². The Morgan fingerprint density at radius 3 is 3.10 bits per heavy atom. The van der Waals surface area contributed by atoms with E-state index in [1.807, 2.05) is 11.8 Å². The fourth-order valence-electron chi connectivity index (χ4n) is 2.97. The molecule has 0 aliphatic carbocycles. The molecule has 0 amide bonds. The van der Waals surface area contributed by atoms with Crippen LogP contribution in [0, 0.1) is 0 Å². The predicted octanol–water partition coefficient (Wildman–Crippen LogP) is 2.53. The maximum atomic E-state index is 9.79. The van der Waals surface area contributed by atoms with E-state index in [0.717, 1.165) is 22.2 Å². The summed E-state index contributed by atoms with van der Waals surface area (Å²) in [5.41, 5.74) is 0.408. The van der Waals surface area contributed by atoms with Gasteiger partial charge in [0.25, 0.3) is 0 Å². The normalized spacial score (nSPS) is 26.9. The van der Waals surface area contributed by atoms with Crippen molar-refractivity contribution in [1.82, 2.24) is 10.2 Å². The number of aromatic hydroxyl groups is 1. The molecule has 0 radical (unpaired) electrons. The molecule has 1 fully saturated rings. The zero-order valence-electron chi connectivity index (χ0n) is 11.9. The van der Waals surface area contributed by atoms with Crippen LogP contribution in [0.4, 0.5) is 0 Å². The molecule has 7 heteroatoms. The number of phenolic OH excluding ortho intramolecular Hbond substituents is 1. The van der Waals surface area contributed by atoms with E-state index in [2.05, 4.69) is 21.2 Å². The maximum absolute atomic E-state index is 9.79. The predicted molar refractivity (Wildman–Crippen MR) is 86.5 cm³/mol. The molecule has 2 unspecified atom stereocenters. The number of nitrogens with zero attached hydrogens (tertiary/aromatic N) is 1. The summed E-state index contributed by atoms with van der Waals surface area (Å²) in [5.74, 6) is 0.964. The van der Waals surface area contributed by atoms with Crippen molar-refractivity contribution < 1.29 is 14.6 Å². The summed E-state index contributed by atoms with van der Waals surface area (Å²) in [5, 5.41) is 13.8. The summed E-state index contributed by atoms with van der Waals surface area (Å²) in [4.78, 5) is 2.02. The molecule has 114 valence electrons. The van der Waals surface area contributed by atoms with Gasteiger partial charge in [-0.15, -0.1) is 0 Å². The van der Waals surface area contributed by atoms with E-state index >= 15 is 0 Å². The Bertz CT molecular complexity index is 598. The Kier molecular flexibility index (Phi) is 3.75. The molecule has 5 nitrogen and oxygen atoms in total. The van der Waals surface area contributed by atoms with E-state index in [0.29, 0.717) is 18.3 Å². The van der Waals surface area contributed by atoms with Crippen LogP contribution in [0.1, 0.15) is 24.9 Å². The summed E-state index contributed by atoms with van der Waals surface area (Å²) in [7, 11) is 1.67. The van der Waals surface area contributed by atoms with Crippen LogP contribution in [0.2, 0.25) is 0 Å². The van der Waals surface area contributed by atoms with E-state index < -0.39 is 5.72 Å². The number of methoxy groups -OCH3 is 1. The third-order valence-electron chi connectivity index (χ3n) is 3.97. The SMILES string of the molecule is COCCN1C(=S)NC2CC1(C)Oc1c(Br)cc(O)cc12. The van der Waals surface area contributed by atoms with Gasteiger partial charge in [-0.1, -0.05) is 0 Å². The van der Waals surface area contributed by atoms with Gasteiger partial charge in [0.2, 0.25) is 0 Å². The first kappa shape index (κ1) is 14.9. The van der Waals surface area contributed by atoms with Gasteiger partial charge in [-0.3, -0.25) is 0 Å². The second-order valence-electron chi connectivity index (χ2n) is 5.47. The lowest BCUT2D eigenvalue weighted by Gasteiger charge is -2.52. The minimum absolute atomic E-state index is 0.0356. The highest BCUT2D eigenvalue weighted by molar-refractivity contribution is 9.10. The number of hydrogen-bond donors (Lipinski definition) is 2. The monoisotopic (exact) mass is 372 g/mol. The number of benzene rings is 1. The Hall–Kier alpha value is -1.05. The average Bonchev–Trinajstić information content (AvgIpc) is 2.40. The second kappa shape index (κ2) is 5.30. The summed E-state index contributed by atoms with van der Waals surface area (Å²) in [6.45, 7) is 3.27. The third-order valence-corrected chi connectivity index (χ3v) is 4.90. The van der Waals surface area contributed by atoms with Crippen LogP contribution in [0.15, 0.2) is 16.6 Å². The molecule has 2 aliphatic rings. The molecule has 21 heavy (non-hydrogen) atoms. The number of nitrogens with one attached hydrogen (secondary N) is 1. The molecule has 2 atom stereocenters. The fourth-order valence-corrected chi connectivity index (χ4v) is 3.94. The Balaban J connectivity index is 2.01. The van der Waals surface area contributed by atoms with Crippen LogP contribution in [-0.4, -0.2) is 41.1 Å².